The Kier molecular flexibility index (Phi) is 7.18. The van der Waals surface area contributed by atoms with Crippen molar-refractivity contribution in [2.45, 2.75) is 18.2 Å². The van der Waals surface area contributed by atoms with Crippen molar-refractivity contribution in [3.05, 3.63) is 64.2 Å². The van der Waals surface area contributed by atoms with E-state index in [1.807, 2.05) is 0 Å². The fourth-order valence-electron chi connectivity index (χ4n) is 2.24. The number of nitrogen functional groups attached to an aromatic ring is 1. The van der Waals surface area contributed by atoms with E-state index in [1.165, 1.54) is 40.7 Å². The number of aromatic nitrogens is 3. The number of thioether (sulfide) groups is 1. The highest BCUT2D eigenvalue weighted by Gasteiger charge is 2.13. The van der Waals surface area contributed by atoms with Gasteiger partial charge in [-0.05, 0) is 36.4 Å². The normalized spacial score (nSPS) is 10.7. The lowest BCUT2D eigenvalue weighted by Gasteiger charge is -2.09. The summed E-state index contributed by atoms with van der Waals surface area (Å²) in [6, 6.07) is 10.6. The lowest BCUT2D eigenvalue weighted by atomic mass is 10.3. The van der Waals surface area contributed by atoms with Crippen LogP contribution >= 0.6 is 35.0 Å². The van der Waals surface area contributed by atoms with Gasteiger partial charge in [-0.1, -0.05) is 41.0 Å². The zero-order valence-corrected chi connectivity index (χ0v) is 17.3. The fraction of sp³-hybridized carbons (Fsp3) is 0.167. The number of carbonyl (C=O) groups excluding carboxylic acids is 1. The molecule has 1 heterocycles. The van der Waals surface area contributed by atoms with E-state index in [2.05, 4.69) is 15.5 Å². The molecule has 0 saturated carbocycles. The number of carbonyl (C=O) groups is 1. The van der Waals surface area contributed by atoms with Gasteiger partial charge in [0.25, 0.3) is 0 Å². The van der Waals surface area contributed by atoms with Gasteiger partial charge in [0.15, 0.2) is 5.82 Å². The zero-order valence-electron chi connectivity index (χ0n) is 14.9. The molecule has 0 aliphatic carbocycles. The second-order valence-corrected chi connectivity index (χ2v) is 7.63. The highest BCUT2D eigenvalue weighted by molar-refractivity contribution is 7.99. The van der Waals surface area contributed by atoms with Crippen molar-refractivity contribution < 1.29 is 13.9 Å². The number of anilines is 1. The largest absolute Gasteiger partial charge is 0.486 e. The molecule has 7 nitrogen and oxygen atoms in total. The first-order valence-corrected chi connectivity index (χ1v) is 10.1. The van der Waals surface area contributed by atoms with Gasteiger partial charge in [0.2, 0.25) is 11.1 Å². The van der Waals surface area contributed by atoms with Gasteiger partial charge in [-0.25, -0.2) is 9.07 Å². The Hall–Kier alpha value is -2.49. The molecule has 0 fully saturated rings. The van der Waals surface area contributed by atoms with Crippen LogP contribution in [0.4, 0.5) is 10.1 Å². The van der Waals surface area contributed by atoms with Crippen LogP contribution in [-0.4, -0.2) is 26.5 Å². The van der Waals surface area contributed by atoms with Gasteiger partial charge in [-0.3, -0.25) is 4.79 Å². The molecular weight excluding hydrogens is 440 g/mol. The van der Waals surface area contributed by atoms with Gasteiger partial charge in [0, 0.05) is 12.2 Å². The average Bonchev–Trinajstić information content (AvgIpc) is 3.04. The van der Waals surface area contributed by atoms with Gasteiger partial charge in [0.1, 0.15) is 18.2 Å². The summed E-state index contributed by atoms with van der Waals surface area (Å²) in [5, 5.41) is 11.8. The summed E-state index contributed by atoms with van der Waals surface area (Å²) in [5.74, 6) is 6.67. The Balaban J connectivity index is 1.48. The summed E-state index contributed by atoms with van der Waals surface area (Å²) < 4.78 is 19.7. The first-order chi connectivity index (χ1) is 13.9. The van der Waals surface area contributed by atoms with Crippen LogP contribution < -0.4 is 15.9 Å². The van der Waals surface area contributed by atoms with Crippen molar-refractivity contribution in [1.82, 2.24) is 14.9 Å². The van der Waals surface area contributed by atoms with Crippen molar-refractivity contribution >= 4 is 46.6 Å². The standard InChI is InChI=1S/C18H16Cl2FN5O2S/c19-13-2-1-3-14(20)17(13)23-16(27)8-9-29-18-25-24-15(26(18)22)10-28-12-6-4-11(21)5-7-12/h1-7H,8-10,22H2,(H,23,27). The van der Waals surface area contributed by atoms with E-state index in [-0.39, 0.29) is 24.8 Å². The molecule has 0 aliphatic heterocycles. The van der Waals surface area contributed by atoms with Crippen LogP contribution in [0.15, 0.2) is 47.6 Å². The van der Waals surface area contributed by atoms with Crippen molar-refractivity contribution in [3.63, 3.8) is 0 Å². The van der Waals surface area contributed by atoms with E-state index in [0.29, 0.717) is 38.2 Å². The van der Waals surface area contributed by atoms with E-state index >= 15 is 0 Å². The second-order valence-electron chi connectivity index (χ2n) is 5.75. The smallest absolute Gasteiger partial charge is 0.225 e. The van der Waals surface area contributed by atoms with Crippen LogP contribution in [0.1, 0.15) is 12.2 Å². The number of amides is 1. The number of rotatable bonds is 8. The number of hydrogen-bond acceptors (Lipinski definition) is 6. The summed E-state index contributed by atoms with van der Waals surface area (Å²) in [6.07, 6.45) is 0.195. The third-order valence-electron chi connectivity index (χ3n) is 3.70. The monoisotopic (exact) mass is 455 g/mol. The third-order valence-corrected chi connectivity index (χ3v) is 5.28. The van der Waals surface area contributed by atoms with Gasteiger partial charge in [-0.15, -0.1) is 10.2 Å². The van der Waals surface area contributed by atoms with Crippen LogP contribution in [0, 0.1) is 5.82 Å². The molecule has 0 unspecified atom stereocenters. The molecule has 0 saturated heterocycles. The average molecular weight is 456 g/mol. The Morgan fingerprint density at radius 3 is 2.55 bits per heavy atom. The SMILES string of the molecule is Nn1c(COc2ccc(F)cc2)nnc1SCCC(=O)Nc1c(Cl)cccc1Cl. The molecule has 0 spiro atoms. The number of benzene rings is 2. The molecule has 11 heteroatoms. The molecule has 29 heavy (non-hydrogen) atoms. The number of para-hydroxylation sites is 1. The summed E-state index contributed by atoms with van der Waals surface area (Å²) in [5.41, 5.74) is 0.382. The Morgan fingerprint density at radius 1 is 1.17 bits per heavy atom. The predicted molar refractivity (Wildman–Crippen MR) is 111 cm³/mol. The fourth-order valence-corrected chi connectivity index (χ4v) is 3.54. The lowest BCUT2D eigenvalue weighted by Crippen LogP contribution is -2.16. The summed E-state index contributed by atoms with van der Waals surface area (Å²) >= 11 is 13.3. The molecule has 3 rings (SSSR count). The van der Waals surface area contributed by atoms with Gasteiger partial charge in [0.05, 0.1) is 15.7 Å². The molecule has 152 valence electrons. The van der Waals surface area contributed by atoms with E-state index in [1.54, 1.807) is 18.2 Å². The molecule has 1 aromatic heterocycles. The van der Waals surface area contributed by atoms with Crippen LogP contribution in [0.25, 0.3) is 0 Å². The Morgan fingerprint density at radius 2 is 1.86 bits per heavy atom. The number of nitrogens with two attached hydrogens (primary N) is 1. The topological polar surface area (TPSA) is 95.1 Å². The molecule has 0 aliphatic rings. The van der Waals surface area contributed by atoms with Crippen molar-refractivity contribution in [2.75, 3.05) is 16.9 Å². The van der Waals surface area contributed by atoms with Crippen molar-refractivity contribution in [1.29, 1.82) is 0 Å². The predicted octanol–water partition coefficient (Wildman–Crippen LogP) is 4.14. The van der Waals surface area contributed by atoms with Crippen LogP contribution in [0.2, 0.25) is 10.0 Å². The number of nitrogens with one attached hydrogen (secondary N) is 1. The first-order valence-electron chi connectivity index (χ1n) is 8.38. The summed E-state index contributed by atoms with van der Waals surface area (Å²) in [7, 11) is 0. The van der Waals surface area contributed by atoms with Gasteiger partial charge in [-0.2, -0.15) is 0 Å². The number of halogens is 3. The molecule has 3 aromatic rings. The maximum absolute atomic E-state index is 12.9. The van der Waals surface area contributed by atoms with E-state index in [0.717, 1.165) is 0 Å². The van der Waals surface area contributed by atoms with Crippen LogP contribution in [0.5, 0.6) is 5.75 Å². The highest BCUT2D eigenvalue weighted by atomic mass is 35.5. The molecule has 1 amide bonds. The van der Waals surface area contributed by atoms with Crippen molar-refractivity contribution in [2.24, 2.45) is 0 Å². The maximum Gasteiger partial charge on any atom is 0.225 e. The molecular formula is C18H16Cl2FN5O2S. The number of nitrogens with zero attached hydrogens (tertiary/aromatic N) is 3. The summed E-state index contributed by atoms with van der Waals surface area (Å²) in [6.45, 7) is 0.0706. The molecule has 0 atom stereocenters. The summed E-state index contributed by atoms with van der Waals surface area (Å²) in [4.78, 5) is 12.1. The second kappa shape index (κ2) is 9.82. The van der Waals surface area contributed by atoms with Crippen molar-refractivity contribution in [3.8, 4) is 5.75 Å². The van der Waals surface area contributed by atoms with Crippen LogP contribution in [-0.2, 0) is 11.4 Å². The minimum absolute atomic E-state index is 0.0706. The van der Waals surface area contributed by atoms with Gasteiger partial charge < -0.3 is 15.9 Å². The van der Waals surface area contributed by atoms with Crippen LogP contribution in [0.3, 0.4) is 0 Å². The quantitative estimate of drug-likeness (QED) is 0.391. The number of hydrogen-bond donors (Lipinski definition) is 2. The molecule has 0 bridgehead atoms. The van der Waals surface area contributed by atoms with Gasteiger partial charge >= 0.3 is 0 Å². The number of ether oxygens (including phenoxy) is 1. The molecule has 2 aromatic carbocycles. The minimum Gasteiger partial charge on any atom is -0.486 e. The molecule has 0 radical (unpaired) electrons. The lowest BCUT2D eigenvalue weighted by molar-refractivity contribution is -0.115. The first kappa shape index (κ1) is 21.2. The zero-order chi connectivity index (χ0) is 20.8. The van der Waals surface area contributed by atoms with E-state index in [9.17, 15) is 9.18 Å². The Labute approximate surface area is 180 Å². The highest BCUT2D eigenvalue weighted by Crippen LogP contribution is 2.30. The third kappa shape index (κ3) is 5.75. The van der Waals surface area contributed by atoms with E-state index < -0.39 is 0 Å². The Bertz CT molecular complexity index is 980. The minimum atomic E-state index is -0.348. The van der Waals surface area contributed by atoms with E-state index in [4.69, 9.17) is 33.8 Å². The maximum atomic E-state index is 12.9. The molecule has 3 N–H and O–H groups in total.